The summed E-state index contributed by atoms with van der Waals surface area (Å²) >= 11 is 0. The number of aromatic amines is 1. The average molecular weight is 374 g/mol. The van der Waals surface area contributed by atoms with E-state index in [0.717, 1.165) is 16.1 Å². The molecule has 0 aliphatic carbocycles. The van der Waals surface area contributed by atoms with E-state index in [0.29, 0.717) is 22.5 Å². The van der Waals surface area contributed by atoms with Crippen LogP contribution in [0.3, 0.4) is 0 Å². The Labute approximate surface area is 160 Å². The van der Waals surface area contributed by atoms with Crippen LogP contribution in [0.2, 0.25) is 0 Å². The Hall–Kier alpha value is -3.74. The normalized spacial score (nSPS) is 13.6. The lowest BCUT2D eigenvalue weighted by molar-refractivity contribution is 0.0660. The fourth-order valence-electron chi connectivity index (χ4n) is 3.15. The molecule has 0 fully saturated rings. The van der Waals surface area contributed by atoms with Gasteiger partial charge in [0.1, 0.15) is 0 Å². The molecule has 1 aliphatic heterocycles. The monoisotopic (exact) mass is 374 g/mol. The van der Waals surface area contributed by atoms with Crippen LogP contribution in [0.1, 0.15) is 43.1 Å². The predicted octanol–water partition coefficient (Wildman–Crippen LogP) is 2.72. The van der Waals surface area contributed by atoms with Crippen molar-refractivity contribution >= 4 is 18.0 Å². The van der Waals surface area contributed by atoms with Gasteiger partial charge >= 0.3 is 0 Å². The number of aryl methyl sites for hydroxylation is 3. The molecule has 2 heterocycles. The van der Waals surface area contributed by atoms with Crippen LogP contribution in [0.5, 0.6) is 0 Å². The van der Waals surface area contributed by atoms with E-state index in [1.54, 1.807) is 31.2 Å². The number of nitrogens with one attached hydrogen (secondary N) is 1. The van der Waals surface area contributed by atoms with E-state index in [1.807, 2.05) is 32.0 Å². The molecule has 0 atom stereocenters. The smallest absolute Gasteiger partial charge is 0.282 e. The fraction of sp³-hybridized carbons (Fsp3) is 0.143. The Morgan fingerprint density at radius 1 is 0.893 bits per heavy atom. The van der Waals surface area contributed by atoms with Gasteiger partial charge in [0.15, 0.2) is 0 Å². The van der Waals surface area contributed by atoms with Gasteiger partial charge < -0.3 is 0 Å². The highest BCUT2D eigenvalue weighted by atomic mass is 16.2. The van der Waals surface area contributed by atoms with Crippen LogP contribution >= 0.6 is 0 Å². The third-order valence-corrected chi connectivity index (χ3v) is 4.94. The Kier molecular flexibility index (Phi) is 4.07. The third-order valence-electron chi connectivity index (χ3n) is 4.94. The minimum atomic E-state index is -0.500. The van der Waals surface area contributed by atoms with E-state index < -0.39 is 11.8 Å². The highest BCUT2D eigenvalue weighted by Gasteiger charge is 2.35. The van der Waals surface area contributed by atoms with Gasteiger partial charge in [-0.3, -0.25) is 19.5 Å². The Morgan fingerprint density at radius 3 is 2.14 bits per heavy atom. The molecule has 140 valence electrons. The van der Waals surface area contributed by atoms with Gasteiger partial charge in [-0.2, -0.15) is 10.1 Å². The molecule has 0 spiro atoms. The summed E-state index contributed by atoms with van der Waals surface area (Å²) in [4.78, 5) is 37.6. The van der Waals surface area contributed by atoms with E-state index in [2.05, 4.69) is 10.2 Å². The molecule has 28 heavy (non-hydrogen) atoms. The van der Waals surface area contributed by atoms with Gasteiger partial charge in [0, 0.05) is 5.69 Å². The van der Waals surface area contributed by atoms with E-state index in [4.69, 9.17) is 0 Å². The zero-order chi connectivity index (χ0) is 20.0. The molecule has 0 unspecified atom stereocenters. The second-order valence-electron chi connectivity index (χ2n) is 6.77. The molecule has 2 amide bonds. The molecule has 7 nitrogen and oxygen atoms in total. The number of nitrogens with zero attached hydrogens (tertiary/aromatic N) is 3. The van der Waals surface area contributed by atoms with Crippen molar-refractivity contribution in [3.63, 3.8) is 0 Å². The van der Waals surface area contributed by atoms with Gasteiger partial charge in [-0.05, 0) is 56.2 Å². The highest BCUT2D eigenvalue weighted by molar-refractivity contribution is 6.21. The van der Waals surface area contributed by atoms with Crippen molar-refractivity contribution in [2.45, 2.75) is 20.8 Å². The van der Waals surface area contributed by atoms with Crippen molar-refractivity contribution in [3.8, 4) is 5.69 Å². The van der Waals surface area contributed by atoms with Crippen LogP contribution < -0.4 is 5.56 Å². The maximum atomic E-state index is 12.8. The second kappa shape index (κ2) is 6.45. The van der Waals surface area contributed by atoms with Crippen molar-refractivity contribution in [2.75, 3.05) is 0 Å². The van der Waals surface area contributed by atoms with Crippen LogP contribution in [-0.2, 0) is 0 Å². The van der Waals surface area contributed by atoms with Crippen LogP contribution in [0.15, 0.2) is 52.4 Å². The van der Waals surface area contributed by atoms with E-state index in [9.17, 15) is 14.4 Å². The van der Waals surface area contributed by atoms with Crippen molar-refractivity contribution in [3.05, 3.63) is 86.3 Å². The van der Waals surface area contributed by atoms with Gasteiger partial charge in [0.05, 0.1) is 28.6 Å². The van der Waals surface area contributed by atoms with Crippen molar-refractivity contribution in [1.29, 1.82) is 0 Å². The number of H-pyrrole nitrogens is 1. The van der Waals surface area contributed by atoms with Crippen molar-refractivity contribution in [1.82, 2.24) is 14.8 Å². The van der Waals surface area contributed by atoms with Crippen LogP contribution in [0, 0.1) is 20.8 Å². The fourth-order valence-corrected chi connectivity index (χ4v) is 3.15. The quantitative estimate of drug-likeness (QED) is 0.565. The number of imide groups is 1. The number of hydrazone groups is 1. The highest BCUT2D eigenvalue weighted by Crippen LogP contribution is 2.22. The Morgan fingerprint density at radius 2 is 1.54 bits per heavy atom. The maximum absolute atomic E-state index is 12.8. The average Bonchev–Trinajstić information content (AvgIpc) is 3.10. The molecular weight excluding hydrogens is 356 g/mol. The number of aromatic nitrogens is 2. The molecule has 1 aromatic heterocycles. The summed E-state index contributed by atoms with van der Waals surface area (Å²) in [5, 5.41) is 7.81. The lowest BCUT2D eigenvalue weighted by Gasteiger charge is -2.05. The SMILES string of the molecule is Cc1ccc(-n2[nH]c(C)c(C=NN3C(=O)c4ccccc4C3=O)c2=O)cc1C. The summed E-state index contributed by atoms with van der Waals surface area (Å²) in [7, 11) is 0. The first-order valence-electron chi connectivity index (χ1n) is 8.79. The van der Waals surface area contributed by atoms with Gasteiger partial charge in [-0.25, -0.2) is 4.68 Å². The zero-order valence-corrected chi connectivity index (χ0v) is 15.7. The molecule has 0 radical (unpaired) electrons. The Balaban J connectivity index is 1.69. The minimum Gasteiger partial charge on any atom is -0.295 e. The summed E-state index contributed by atoms with van der Waals surface area (Å²) in [6, 6.07) is 12.3. The summed E-state index contributed by atoms with van der Waals surface area (Å²) in [5.74, 6) is -1.00. The maximum Gasteiger partial charge on any atom is 0.282 e. The number of hydrogen-bond donors (Lipinski definition) is 1. The molecule has 1 aliphatic rings. The van der Waals surface area contributed by atoms with E-state index >= 15 is 0 Å². The Bertz CT molecular complexity index is 1180. The number of fused-ring (bicyclic) bond motifs is 1. The van der Waals surface area contributed by atoms with Crippen molar-refractivity contribution in [2.24, 2.45) is 5.10 Å². The molecule has 4 rings (SSSR count). The van der Waals surface area contributed by atoms with Gasteiger partial charge in [0.2, 0.25) is 0 Å². The first-order valence-corrected chi connectivity index (χ1v) is 8.79. The molecule has 0 saturated carbocycles. The number of carbonyl (C=O) groups excluding carboxylic acids is 2. The molecule has 3 aromatic rings. The van der Waals surface area contributed by atoms with Gasteiger partial charge in [0.25, 0.3) is 17.4 Å². The minimum absolute atomic E-state index is 0.287. The first kappa shape index (κ1) is 17.7. The summed E-state index contributed by atoms with van der Waals surface area (Å²) in [6.07, 6.45) is 1.26. The molecule has 0 bridgehead atoms. The van der Waals surface area contributed by atoms with Crippen molar-refractivity contribution < 1.29 is 9.59 Å². The molecular formula is C21H18N4O3. The third kappa shape index (κ3) is 2.68. The number of amides is 2. The zero-order valence-electron chi connectivity index (χ0n) is 15.7. The summed E-state index contributed by atoms with van der Waals surface area (Å²) in [6.45, 7) is 5.72. The van der Waals surface area contributed by atoms with Crippen LogP contribution in [0.25, 0.3) is 5.69 Å². The standard InChI is InChI=1S/C21H18N4O3/c1-12-8-9-15(10-13(12)2)24-21(28)18(14(3)23-24)11-22-25-19(26)16-6-4-5-7-17(16)20(25)27/h4-11,23H,1-3H3. The lowest BCUT2D eigenvalue weighted by atomic mass is 10.1. The van der Waals surface area contributed by atoms with Gasteiger partial charge in [-0.1, -0.05) is 18.2 Å². The number of carbonyl (C=O) groups is 2. The summed E-state index contributed by atoms with van der Waals surface area (Å²) in [5.41, 5.74) is 4.09. The van der Waals surface area contributed by atoms with Crippen LogP contribution in [-0.4, -0.2) is 32.8 Å². The number of rotatable bonds is 3. The van der Waals surface area contributed by atoms with Gasteiger partial charge in [-0.15, -0.1) is 0 Å². The number of benzene rings is 2. The van der Waals surface area contributed by atoms with E-state index in [-0.39, 0.29) is 11.1 Å². The molecule has 2 aromatic carbocycles. The topological polar surface area (TPSA) is 87.5 Å². The summed E-state index contributed by atoms with van der Waals surface area (Å²) < 4.78 is 1.42. The molecule has 7 heteroatoms. The second-order valence-corrected chi connectivity index (χ2v) is 6.77. The van der Waals surface area contributed by atoms with E-state index in [1.165, 1.54) is 10.9 Å². The largest absolute Gasteiger partial charge is 0.295 e. The lowest BCUT2D eigenvalue weighted by Crippen LogP contribution is -2.25. The predicted molar refractivity (Wildman–Crippen MR) is 105 cm³/mol. The first-order chi connectivity index (χ1) is 13.4. The molecule has 1 N–H and O–H groups in total. The molecule has 0 saturated heterocycles. The van der Waals surface area contributed by atoms with Crippen LogP contribution in [0.4, 0.5) is 0 Å². The number of hydrogen-bond acceptors (Lipinski definition) is 4.